The van der Waals surface area contributed by atoms with Gasteiger partial charge >= 0.3 is 0 Å². The van der Waals surface area contributed by atoms with Crippen molar-refractivity contribution >= 4 is 21.8 Å². The second-order valence-corrected chi connectivity index (χ2v) is 6.66. The first kappa shape index (κ1) is 16.3. The summed E-state index contributed by atoms with van der Waals surface area (Å²) in [6, 6.07) is 7.41. The number of aryl methyl sites for hydroxylation is 1. The highest BCUT2D eigenvalue weighted by molar-refractivity contribution is 9.10. The van der Waals surface area contributed by atoms with Gasteiger partial charge in [0, 0.05) is 6.54 Å². The van der Waals surface area contributed by atoms with Crippen molar-refractivity contribution < 1.29 is 13.6 Å². The molecule has 1 amide bonds. The Morgan fingerprint density at radius 3 is 2.61 bits per heavy atom. The molecule has 1 saturated heterocycles. The summed E-state index contributed by atoms with van der Waals surface area (Å²) < 4.78 is 11.7. The summed E-state index contributed by atoms with van der Waals surface area (Å²) in [5, 5.41) is 2.96. The third-order valence-corrected chi connectivity index (χ3v) is 4.60. The summed E-state index contributed by atoms with van der Waals surface area (Å²) in [6.45, 7) is 4.51. The minimum atomic E-state index is -0.207. The molecule has 0 spiro atoms. The molecule has 0 radical (unpaired) electrons. The summed E-state index contributed by atoms with van der Waals surface area (Å²) in [5.41, 5.74) is 0. The Morgan fingerprint density at radius 2 is 2.00 bits per heavy atom. The lowest BCUT2D eigenvalue weighted by molar-refractivity contribution is 0.0885. The number of likely N-dealkylation sites (tertiary alicyclic amines) is 1. The molecule has 23 heavy (non-hydrogen) atoms. The summed E-state index contributed by atoms with van der Waals surface area (Å²) >= 11 is 3.21. The van der Waals surface area contributed by atoms with E-state index in [2.05, 4.69) is 26.1 Å². The lowest BCUT2D eigenvalue weighted by Crippen LogP contribution is -2.40. The zero-order chi connectivity index (χ0) is 16.2. The minimum absolute atomic E-state index is 0.0614. The molecule has 5 nitrogen and oxygen atoms in total. The number of halogens is 1. The van der Waals surface area contributed by atoms with E-state index in [1.807, 2.05) is 19.1 Å². The van der Waals surface area contributed by atoms with Gasteiger partial charge in [-0.2, -0.15) is 0 Å². The van der Waals surface area contributed by atoms with Crippen LogP contribution in [0.15, 0.2) is 37.8 Å². The number of hydrogen-bond acceptors (Lipinski definition) is 4. The zero-order valence-electron chi connectivity index (χ0n) is 13.2. The van der Waals surface area contributed by atoms with E-state index in [0.717, 1.165) is 24.6 Å². The van der Waals surface area contributed by atoms with Gasteiger partial charge in [-0.3, -0.25) is 9.69 Å². The summed E-state index contributed by atoms with van der Waals surface area (Å²) in [4.78, 5) is 14.6. The van der Waals surface area contributed by atoms with Gasteiger partial charge in [-0.05, 0) is 73.1 Å². The average molecular weight is 381 g/mol. The van der Waals surface area contributed by atoms with Crippen LogP contribution >= 0.6 is 15.9 Å². The smallest absolute Gasteiger partial charge is 0.287 e. The minimum Gasteiger partial charge on any atom is -0.465 e. The van der Waals surface area contributed by atoms with Crippen LogP contribution in [0.3, 0.4) is 0 Å². The maximum Gasteiger partial charge on any atom is 0.287 e. The molecule has 6 heteroatoms. The Labute approximate surface area is 144 Å². The van der Waals surface area contributed by atoms with Gasteiger partial charge in [0.15, 0.2) is 10.4 Å². The van der Waals surface area contributed by atoms with Gasteiger partial charge in [0.1, 0.15) is 11.5 Å². The van der Waals surface area contributed by atoms with Crippen LogP contribution in [-0.4, -0.2) is 30.4 Å². The van der Waals surface area contributed by atoms with Crippen LogP contribution in [0.2, 0.25) is 0 Å². The maximum atomic E-state index is 12.2. The van der Waals surface area contributed by atoms with Crippen LogP contribution in [0.4, 0.5) is 0 Å². The number of rotatable bonds is 5. The van der Waals surface area contributed by atoms with E-state index in [1.54, 1.807) is 12.1 Å². The number of carbonyl (C=O) groups is 1. The molecule has 1 unspecified atom stereocenters. The Hall–Kier alpha value is -1.53. The highest BCUT2D eigenvalue weighted by atomic mass is 79.9. The quantitative estimate of drug-likeness (QED) is 0.854. The molecule has 124 valence electrons. The number of furan rings is 2. The lowest BCUT2D eigenvalue weighted by Gasteiger charge is -2.33. The molecule has 0 saturated carbocycles. The summed E-state index contributed by atoms with van der Waals surface area (Å²) in [6.07, 6.45) is 3.65. The Bertz CT molecular complexity index is 658. The van der Waals surface area contributed by atoms with Gasteiger partial charge in [0.25, 0.3) is 5.91 Å². The molecule has 1 aliphatic rings. The number of nitrogens with one attached hydrogen (secondary N) is 1. The molecule has 1 aliphatic heterocycles. The van der Waals surface area contributed by atoms with Gasteiger partial charge in [-0.1, -0.05) is 6.42 Å². The van der Waals surface area contributed by atoms with Crippen molar-refractivity contribution in [1.82, 2.24) is 10.2 Å². The predicted molar refractivity (Wildman–Crippen MR) is 90.4 cm³/mol. The fourth-order valence-electron chi connectivity index (χ4n) is 2.99. The number of amides is 1. The van der Waals surface area contributed by atoms with E-state index >= 15 is 0 Å². The topological polar surface area (TPSA) is 58.6 Å². The van der Waals surface area contributed by atoms with E-state index in [1.165, 1.54) is 19.3 Å². The number of piperidine rings is 1. The lowest BCUT2D eigenvalue weighted by atomic mass is 10.1. The SMILES string of the molecule is Cc1ccc(C(CNC(=O)c2ccc(Br)o2)N2CCCCC2)o1. The van der Waals surface area contributed by atoms with E-state index in [9.17, 15) is 4.79 Å². The van der Waals surface area contributed by atoms with Crippen LogP contribution in [0.5, 0.6) is 0 Å². The number of carbonyl (C=O) groups excluding carboxylic acids is 1. The average Bonchev–Trinajstić information content (AvgIpc) is 3.17. The molecular weight excluding hydrogens is 360 g/mol. The molecular formula is C17H21BrN2O3. The third-order valence-electron chi connectivity index (χ3n) is 4.17. The van der Waals surface area contributed by atoms with E-state index < -0.39 is 0 Å². The predicted octanol–water partition coefficient (Wildman–Crippen LogP) is 3.90. The van der Waals surface area contributed by atoms with Gasteiger partial charge in [-0.25, -0.2) is 0 Å². The van der Waals surface area contributed by atoms with Crippen LogP contribution in [0.25, 0.3) is 0 Å². The number of hydrogen-bond donors (Lipinski definition) is 1. The van der Waals surface area contributed by atoms with Crippen molar-refractivity contribution in [3.63, 3.8) is 0 Å². The van der Waals surface area contributed by atoms with Crippen LogP contribution in [0, 0.1) is 6.92 Å². The largest absolute Gasteiger partial charge is 0.465 e. The molecule has 3 heterocycles. The first-order chi connectivity index (χ1) is 11.1. The highest BCUT2D eigenvalue weighted by Crippen LogP contribution is 2.26. The zero-order valence-corrected chi connectivity index (χ0v) is 14.8. The fourth-order valence-corrected chi connectivity index (χ4v) is 3.29. The first-order valence-corrected chi connectivity index (χ1v) is 8.77. The van der Waals surface area contributed by atoms with Crippen molar-refractivity contribution in [2.45, 2.75) is 32.2 Å². The molecule has 2 aromatic heterocycles. The van der Waals surface area contributed by atoms with Crippen molar-refractivity contribution in [3.8, 4) is 0 Å². The molecule has 1 N–H and O–H groups in total. The monoisotopic (exact) mass is 380 g/mol. The standard InChI is InChI=1S/C17H21BrN2O3/c1-12-5-6-14(22-12)13(20-9-3-2-4-10-20)11-19-17(21)15-7-8-16(18)23-15/h5-8,13H,2-4,9-11H2,1H3,(H,19,21). The van der Waals surface area contributed by atoms with Crippen molar-refractivity contribution in [3.05, 3.63) is 46.2 Å². The molecule has 2 aromatic rings. The fraction of sp³-hybridized carbons (Fsp3) is 0.471. The second-order valence-electron chi connectivity index (χ2n) is 5.87. The Morgan fingerprint density at radius 1 is 1.22 bits per heavy atom. The second kappa shape index (κ2) is 7.36. The molecule has 1 atom stereocenters. The maximum absolute atomic E-state index is 12.2. The summed E-state index contributed by atoms with van der Waals surface area (Å²) in [7, 11) is 0. The normalized spacial score (nSPS) is 17.1. The van der Waals surface area contributed by atoms with Crippen molar-refractivity contribution in [2.75, 3.05) is 19.6 Å². The van der Waals surface area contributed by atoms with Gasteiger partial charge in [0.05, 0.1) is 6.04 Å². The van der Waals surface area contributed by atoms with Gasteiger partial charge in [0.2, 0.25) is 0 Å². The Kier molecular flexibility index (Phi) is 5.23. The molecule has 3 rings (SSSR count). The van der Waals surface area contributed by atoms with Crippen LogP contribution in [0.1, 0.15) is 47.4 Å². The summed E-state index contributed by atoms with van der Waals surface area (Å²) in [5.74, 6) is 1.90. The molecule has 0 bridgehead atoms. The third kappa shape index (κ3) is 4.06. The van der Waals surface area contributed by atoms with E-state index in [4.69, 9.17) is 8.83 Å². The van der Waals surface area contributed by atoms with Crippen molar-refractivity contribution in [1.29, 1.82) is 0 Å². The molecule has 0 aromatic carbocycles. The molecule has 0 aliphatic carbocycles. The highest BCUT2D eigenvalue weighted by Gasteiger charge is 2.25. The van der Waals surface area contributed by atoms with Gasteiger partial charge < -0.3 is 14.2 Å². The Balaban J connectivity index is 1.69. The van der Waals surface area contributed by atoms with E-state index in [-0.39, 0.29) is 11.9 Å². The van der Waals surface area contributed by atoms with E-state index in [0.29, 0.717) is 17.0 Å². The van der Waals surface area contributed by atoms with Crippen LogP contribution < -0.4 is 5.32 Å². The van der Waals surface area contributed by atoms with Gasteiger partial charge in [-0.15, -0.1) is 0 Å². The molecule has 1 fully saturated rings. The number of nitrogens with zero attached hydrogens (tertiary/aromatic N) is 1. The first-order valence-electron chi connectivity index (χ1n) is 7.97. The van der Waals surface area contributed by atoms with Crippen LogP contribution in [-0.2, 0) is 0 Å². The van der Waals surface area contributed by atoms with Crippen molar-refractivity contribution in [2.24, 2.45) is 0 Å².